The number of Topliss-reactive ketones (excluding diaryl/α,β-unsaturated/α-hetero) is 1. The molecule has 1 unspecified atom stereocenters. The van der Waals surface area contributed by atoms with Gasteiger partial charge in [-0.2, -0.15) is 0 Å². The lowest BCUT2D eigenvalue weighted by Crippen LogP contribution is -2.39. The molecular weight excluding hydrogens is 154 g/mol. The molecule has 2 saturated heterocycles. The zero-order valence-corrected chi connectivity index (χ0v) is 7.30. The minimum atomic E-state index is -0.0752. The van der Waals surface area contributed by atoms with Crippen LogP contribution in [0, 0.1) is 0 Å². The molecule has 0 aliphatic carbocycles. The van der Waals surface area contributed by atoms with E-state index in [1.165, 1.54) is 0 Å². The van der Waals surface area contributed by atoms with E-state index in [0.717, 1.165) is 12.8 Å². The molecule has 3 heteroatoms. The van der Waals surface area contributed by atoms with Gasteiger partial charge < -0.3 is 4.90 Å². The molecule has 0 radical (unpaired) electrons. The van der Waals surface area contributed by atoms with Gasteiger partial charge in [0, 0.05) is 12.8 Å². The van der Waals surface area contributed by atoms with Crippen LogP contribution in [0.4, 0.5) is 0 Å². The van der Waals surface area contributed by atoms with Gasteiger partial charge >= 0.3 is 0 Å². The zero-order valence-electron chi connectivity index (χ0n) is 7.30. The van der Waals surface area contributed by atoms with Crippen molar-refractivity contribution < 1.29 is 9.59 Å². The second-order valence-corrected chi connectivity index (χ2v) is 3.77. The van der Waals surface area contributed by atoms with E-state index in [9.17, 15) is 9.59 Å². The first-order chi connectivity index (χ1) is 5.68. The van der Waals surface area contributed by atoms with Gasteiger partial charge in [-0.05, 0) is 12.8 Å². The van der Waals surface area contributed by atoms with Crippen molar-refractivity contribution in [2.75, 3.05) is 6.54 Å². The van der Waals surface area contributed by atoms with Crippen LogP contribution in [-0.4, -0.2) is 28.7 Å². The van der Waals surface area contributed by atoms with E-state index in [-0.39, 0.29) is 17.2 Å². The molecule has 0 aromatic rings. The summed E-state index contributed by atoms with van der Waals surface area (Å²) in [5, 5.41) is 0. The third-order valence-corrected chi connectivity index (χ3v) is 3.20. The fourth-order valence-electron chi connectivity index (χ4n) is 2.41. The molecule has 0 saturated carbocycles. The van der Waals surface area contributed by atoms with Crippen LogP contribution in [0.25, 0.3) is 0 Å². The van der Waals surface area contributed by atoms with Crippen LogP contribution in [0.15, 0.2) is 0 Å². The fourth-order valence-corrected chi connectivity index (χ4v) is 2.41. The highest BCUT2D eigenvalue weighted by molar-refractivity contribution is 5.93. The number of ketones is 1. The molecule has 12 heavy (non-hydrogen) atoms. The Morgan fingerprint density at radius 1 is 1.50 bits per heavy atom. The molecule has 0 N–H and O–H groups in total. The second-order valence-electron chi connectivity index (χ2n) is 3.77. The molecule has 66 valence electrons. The maximum atomic E-state index is 11.3. The predicted octanol–water partition coefficient (Wildman–Crippen LogP) is 0.730. The topological polar surface area (TPSA) is 37.4 Å². The molecule has 0 bridgehead atoms. The van der Waals surface area contributed by atoms with Gasteiger partial charge in [-0.1, -0.05) is 6.92 Å². The van der Waals surface area contributed by atoms with Gasteiger partial charge in [0.25, 0.3) is 0 Å². The van der Waals surface area contributed by atoms with Gasteiger partial charge in [0.05, 0.1) is 12.1 Å². The molecule has 0 aromatic carbocycles. The minimum Gasteiger partial charge on any atom is -0.329 e. The van der Waals surface area contributed by atoms with E-state index in [2.05, 4.69) is 6.92 Å². The SMILES string of the molecule is CCC12CCC(=O)N1CC(=O)C2. The van der Waals surface area contributed by atoms with Crippen molar-refractivity contribution in [3.63, 3.8) is 0 Å². The van der Waals surface area contributed by atoms with Crippen LogP contribution in [0.2, 0.25) is 0 Å². The van der Waals surface area contributed by atoms with Crippen LogP contribution >= 0.6 is 0 Å². The van der Waals surface area contributed by atoms with Gasteiger partial charge in [0.1, 0.15) is 0 Å². The number of rotatable bonds is 1. The monoisotopic (exact) mass is 167 g/mol. The lowest BCUT2D eigenvalue weighted by atomic mass is 9.91. The number of fused-ring (bicyclic) bond motifs is 1. The van der Waals surface area contributed by atoms with E-state index >= 15 is 0 Å². The predicted molar refractivity (Wildman–Crippen MR) is 43.6 cm³/mol. The average Bonchev–Trinajstić information content (AvgIpc) is 2.51. The Labute approximate surface area is 71.7 Å². The Morgan fingerprint density at radius 3 is 2.83 bits per heavy atom. The van der Waals surface area contributed by atoms with Crippen molar-refractivity contribution in [1.29, 1.82) is 0 Å². The molecule has 3 nitrogen and oxygen atoms in total. The standard InChI is InChI=1S/C9H13NO2/c1-2-9-4-3-8(12)10(9)6-7(11)5-9/h2-6H2,1H3. The zero-order chi connectivity index (χ0) is 8.77. The van der Waals surface area contributed by atoms with Gasteiger partial charge in [-0.3, -0.25) is 9.59 Å². The first-order valence-corrected chi connectivity index (χ1v) is 4.50. The molecule has 0 spiro atoms. The van der Waals surface area contributed by atoms with Crippen molar-refractivity contribution >= 4 is 11.7 Å². The fraction of sp³-hybridized carbons (Fsp3) is 0.778. The first kappa shape index (κ1) is 7.77. The normalized spacial score (nSPS) is 34.6. The Kier molecular flexibility index (Phi) is 1.50. The molecular formula is C9H13NO2. The van der Waals surface area contributed by atoms with Crippen LogP contribution < -0.4 is 0 Å². The van der Waals surface area contributed by atoms with E-state index in [1.54, 1.807) is 4.90 Å². The van der Waals surface area contributed by atoms with Gasteiger partial charge in [0.15, 0.2) is 5.78 Å². The van der Waals surface area contributed by atoms with Gasteiger partial charge in [-0.15, -0.1) is 0 Å². The van der Waals surface area contributed by atoms with Gasteiger partial charge in [0.2, 0.25) is 5.91 Å². The lowest BCUT2D eigenvalue weighted by molar-refractivity contribution is -0.131. The summed E-state index contributed by atoms with van der Waals surface area (Å²) in [6.45, 7) is 2.43. The highest BCUT2D eigenvalue weighted by atomic mass is 16.2. The number of nitrogens with zero attached hydrogens (tertiary/aromatic N) is 1. The number of carbonyl (C=O) groups is 2. The summed E-state index contributed by atoms with van der Waals surface area (Å²) in [5.74, 6) is 0.396. The van der Waals surface area contributed by atoms with Crippen LogP contribution in [0.1, 0.15) is 32.6 Å². The summed E-state index contributed by atoms with van der Waals surface area (Å²) >= 11 is 0. The molecule has 2 aliphatic heterocycles. The third-order valence-electron chi connectivity index (χ3n) is 3.20. The molecule has 2 heterocycles. The summed E-state index contributed by atoms with van der Waals surface area (Å²) in [6.07, 6.45) is 3.04. The first-order valence-electron chi connectivity index (χ1n) is 4.50. The molecule has 2 rings (SSSR count). The van der Waals surface area contributed by atoms with Gasteiger partial charge in [-0.25, -0.2) is 0 Å². The Hall–Kier alpha value is -0.860. The molecule has 1 atom stereocenters. The largest absolute Gasteiger partial charge is 0.329 e. The molecule has 2 aliphatic rings. The van der Waals surface area contributed by atoms with E-state index in [0.29, 0.717) is 19.4 Å². The summed E-state index contributed by atoms with van der Waals surface area (Å²) < 4.78 is 0. The molecule has 1 amide bonds. The highest BCUT2D eigenvalue weighted by Gasteiger charge is 2.50. The van der Waals surface area contributed by atoms with Crippen LogP contribution in [0.5, 0.6) is 0 Å². The number of hydrogen-bond acceptors (Lipinski definition) is 2. The second kappa shape index (κ2) is 2.31. The van der Waals surface area contributed by atoms with E-state index in [4.69, 9.17) is 0 Å². The lowest BCUT2D eigenvalue weighted by Gasteiger charge is -2.29. The quantitative estimate of drug-likeness (QED) is 0.577. The number of amides is 1. The number of carbonyl (C=O) groups excluding carboxylic acids is 2. The number of hydrogen-bond donors (Lipinski definition) is 0. The van der Waals surface area contributed by atoms with E-state index in [1.807, 2.05) is 0 Å². The Morgan fingerprint density at radius 2 is 2.25 bits per heavy atom. The van der Waals surface area contributed by atoms with Crippen molar-refractivity contribution in [3.8, 4) is 0 Å². The maximum absolute atomic E-state index is 11.3. The van der Waals surface area contributed by atoms with Crippen molar-refractivity contribution in [1.82, 2.24) is 4.90 Å². The Balaban J connectivity index is 2.30. The summed E-state index contributed by atoms with van der Waals surface area (Å²) in [4.78, 5) is 24.3. The van der Waals surface area contributed by atoms with Crippen molar-refractivity contribution in [3.05, 3.63) is 0 Å². The third kappa shape index (κ3) is 0.822. The minimum absolute atomic E-state index is 0.0752. The molecule has 0 aromatic heterocycles. The summed E-state index contributed by atoms with van der Waals surface area (Å²) in [5.41, 5.74) is -0.0752. The maximum Gasteiger partial charge on any atom is 0.223 e. The Bertz CT molecular complexity index is 249. The van der Waals surface area contributed by atoms with Crippen LogP contribution in [0.3, 0.4) is 0 Å². The van der Waals surface area contributed by atoms with Crippen LogP contribution in [-0.2, 0) is 9.59 Å². The smallest absolute Gasteiger partial charge is 0.223 e. The highest BCUT2D eigenvalue weighted by Crippen LogP contribution is 2.40. The summed E-state index contributed by atoms with van der Waals surface area (Å²) in [6, 6.07) is 0. The molecule has 2 fully saturated rings. The van der Waals surface area contributed by atoms with E-state index < -0.39 is 0 Å². The summed E-state index contributed by atoms with van der Waals surface area (Å²) in [7, 11) is 0. The van der Waals surface area contributed by atoms with Crippen molar-refractivity contribution in [2.45, 2.75) is 38.1 Å². The average molecular weight is 167 g/mol. The van der Waals surface area contributed by atoms with Crippen molar-refractivity contribution in [2.24, 2.45) is 0 Å².